The van der Waals surface area contributed by atoms with Crippen molar-refractivity contribution in [3.8, 4) is 0 Å². The predicted molar refractivity (Wildman–Crippen MR) is 91.6 cm³/mol. The summed E-state index contributed by atoms with van der Waals surface area (Å²) >= 11 is 0. The van der Waals surface area contributed by atoms with Crippen LogP contribution in [0.5, 0.6) is 0 Å². The van der Waals surface area contributed by atoms with E-state index in [0.29, 0.717) is 5.56 Å². The molecule has 1 fully saturated rings. The van der Waals surface area contributed by atoms with E-state index in [1.807, 2.05) is 0 Å². The van der Waals surface area contributed by atoms with Crippen LogP contribution >= 0.6 is 0 Å². The molecule has 3 rings (SSSR count). The fourth-order valence-electron chi connectivity index (χ4n) is 2.93. The number of benzene rings is 2. The molecule has 2 aromatic rings. The molecular formula is C18H19FN2O3S. The summed E-state index contributed by atoms with van der Waals surface area (Å²) in [6, 6.07) is 12.1. The summed E-state index contributed by atoms with van der Waals surface area (Å²) in [5, 5.41) is 8.04. The standard InChI is InChI=1S/C18H19FN2O3S/c1-11(13-3-2-4-15(9-13)25(20,23)24)21-18(22)17-10-16(17)12-5-7-14(19)8-6-12/h2-9,11,16-17H,10H2,1H3,(H,21,22)(H2,20,23,24). The molecule has 1 amide bonds. The Morgan fingerprint density at radius 1 is 1.24 bits per heavy atom. The quantitative estimate of drug-likeness (QED) is 0.856. The monoisotopic (exact) mass is 362 g/mol. The van der Waals surface area contributed by atoms with Crippen molar-refractivity contribution in [3.63, 3.8) is 0 Å². The van der Waals surface area contributed by atoms with E-state index in [-0.39, 0.29) is 34.5 Å². The Morgan fingerprint density at radius 3 is 2.56 bits per heavy atom. The van der Waals surface area contributed by atoms with E-state index in [0.717, 1.165) is 12.0 Å². The second-order valence-electron chi connectivity index (χ2n) is 6.35. The molecule has 0 spiro atoms. The first kappa shape index (κ1) is 17.6. The van der Waals surface area contributed by atoms with Gasteiger partial charge in [-0.05, 0) is 54.7 Å². The second-order valence-corrected chi connectivity index (χ2v) is 7.91. The summed E-state index contributed by atoms with van der Waals surface area (Å²) in [4.78, 5) is 12.4. The summed E-state index contributed by atoms with van der Waals surface area (Å²) < 4.78 is 35.8. The van der Waals surface area contributed by atoms with E-state index in [1.54, 1.807) is 31.2 Å². The average Bonchev–Trinajstić information content (AvgIpc) is 3.35. The molecule has 1 aliphatic rings. The van der Waals surface area contributed by atoms with Crippen LogP contribution < -0.4 is 10.5 Å². The number of nitrogens with two attached hydrogens (primary N) is 1. The van der Waals surface area contributed by atoms with E-state index in [1.165, 1.54) is 24.3 Å². The smallest absolute Gasteiger partial charge is 0.238 e. The van der Waals surface area contributed by atoms with Crippen LogP contribution in [0.2, 0.25) is 0 Å². The van der Waals surface area contributed by atoms with E-state index < -0.39 is 10.0 Å². The van der Waals surface area contributed by atoms with Crippen molar-refractivity contribution in [3.05, 3.63) is 65.5 Å². The molecule has 1 saturated carbocycles. The number of amides is 1. The van der Waals surface area contributed by atoms with Crippen LogP contribution in [0.3, 0.4) is 0 Å². The summed E-state index contributed by atoms with van der Waals surface area (Å²) in [5.74, 6) is -0.436. The van der Waals surface area contributed by atoms with Crippen LogP contribution in [0.15, 0.2) is 53.4 Å². The summed E-state index contributed by atoms with van der Waals surface area (Å²) in [6.07, 6.45) is 0.724. The molecule has 2 aromatic carbocycles. The van der Waals surface area contributed by atoms with Crippen LogP contribution in [0.1, 0.15) is 36.4 Å². The normalized spacial score (nSPS) is 20.8. The molecule has 25 heavy (non-hydrogen) atoms. The van der Waals surface area contributed by atoms with E-state index in [9.17, 15) is 17.6 Å². The van der Waals surface area contributed by atoms with Crippen molar-refractivity contribution in [2.24, 2.45) is 11.1 Å². The van der Waals surface area contributed by atoms with Gasteiger partial charge in [0.15, 0.2) is 0 Å². The van der Waals surface area contributed by atoms with Crippen molar-refractivity contribution in [1.29, 1.82) is 0 Å². The molecule has 7 heteroatoms. The lowest BCUT2D eigenvalue weighted by molar-refractivity contribution is -0.123. The molecule has 132 valence electrons. The third-order valence-corrected chi connectivity index (χ3v) is 5.38. The second kappa shape index (κ2) is 6.57. The van der Waals surface area contributed by atoms with E-state index >= 15 is 0 Å². The number of carbonyl (C=O) groups excluding carboxylic acids is 1. The molecular weight excluding hydrogens is 343 g/mol. The maximum absolute atomic E-state index is 13.0. The summed E-state index contributed by atoms with van der Waals surface area (Å²) in [7, 11) is -3.78. The number of primary sulfonamides is 1. The molecule has 0 bridgehead atoms. The Bertz CT molecular complexity index is 897. The van der Waals surface area contributed by atoms with Gasteiger partial charge in [0, 0.05) is 5.92 Å². The molecule has 1 aliphatic carbocycles. The minimum Gasteiger partial charge on any atom is -0.349 e. The third kappa shape index (κ3) is 4.05. The van der Waals surface area contributed by atoms with Gasteiger partial charge in [0.25, 0.3) is 0 Å². The Morgan fingerprint density at radius 2 is 1.92 bits per heavy atom. The van der Waals surface area contributed by atoms with Crippen LogP contribution in [0, 0.1) is 11.7 Å². The van der Waals surface area contributed by atoms with Crippen LogP contribution in [0.25, 0.3) is 0 Å². The molecule has 5 nitrogen and oxygen atoms in total. The lowest BCUT2D eigenvalue weighted by Crippen LogP contribution is -2.28. The van der Waals surface area contributed by atoms with Gasteiger partial charge in [0.2, 0.25) is 15.9 Å². The topological polar surface area (TPSA) is 89.3 Å². The fourth-order valence-corrected chi connectivity index (χ4v) is 3.50. The van der Waals surface area contributed by atoms with Crippen molar-refractivity contribution in [2.45, 2.75) is 30.2 Å². The first-order valence-corrected chi connectivity index (χ1v) is 9.49. The summed E-state index contributed by atoms with van der Waals surface area (Å²) in [5.41, 5.74) is 1.62. The highest BCUT2D eigenvalue weighted by Gasteiger charge is 2.44. The molecule has 0 saturated heterocycles. The zero-order valence-corrected chi connectivity index (χ0v) is 14.5. The molecule has 3 atom stereocenters. The minimum atomic E-state index is -3.78. The fraction of sp³-hybridized carbons (Fsp3) is 0.278. The Balaban J connectivity index is 1.65. The van der Waals surface area contributed by atoms with E-state index in [4.69, 9.17) is 5.14 Å². The van der Waals surface area contributed by atoms with Gasteiger partial charge in [0.1, 0.15) is 5.82 Å². The lowest BCUT2D eigenvalue weighted by Gasteiger charge is -2.15. The minimum absolute atomic E-state index is 0.0155. The highest BCUT2D eigenvalue weighted by Crippen LogP contribution is 2.47. The largest absolute Gasteiger partial charge is 0.349 e. The van der Waals surface area contributed by atoms with Gasteiger partial charge in [-0.3, -0.25) is 4.79 Å². The lowest BCUT2D eigenvalue weighted by atomic mass is 10.1. The number of halogens is 1. The number of carbonyl (C=O) groups is 1. The third-order valence-electron chi connectivity index (χ3n) is 4.47. The highest BCUT2D eigenvalue weighted by molar-refractivity contribution is 7.89. The number of rotatable bonds is 5. The number of sulfonamides is 1. The zero-order valence-electron chi connectivity index (χ0n) is 13.6. The number of nitrogens with one attached hydrogen (secondary N) is 1. The van der Waals surface area contributed by atoms with Gasteiger partial charge in [-0.25, -0.2) is 17.9 Å². The van der Waals surface area contributed by atoms with Gasteiger partial charge in [0.05, 0.1) is 10.9 Å². The van der Waals surface area contributed by atoms with E-state index in [2.05, 4.69) is 5.32 Å². The van der Waals surface area contributed by atoms with Gasteiger partial charge >= 0.3 is 0 Å². The van der Waals surface area contributed by atoms with Crippen molar-refractivity contribution < 1.29 is 17.6 Å². The Kier molecular flexibility index (Phi) is 4.62. The first-order chi connectivity index (χ1) is 11.8. The first-order valence-electron chi connectivity index (χ1n) is 7.94. The van der Waals surface area contributed by atoms with Gasteiger partial charge < -0.3 is 5.32 Å². The number of hydrogen-bond donors (Lipinski definition) is 2. The molecule has 3 N–H and O–H groups in total. The maximum Gasteiger partial charge on any atom is 0.238 e. The zero-order chi connectivity index (χ0) is 18.2. The molecule has 0 radical (unpaired) electrons. The van der Waals surface area contributed by atoms with Gasteiger partial charge in [-0.2, -0.15) is 0 Å². The van der Waals surface area contributed by atoms with Crippen molar-refractivity contribution in [1.82, 2.24) is 5.32 Å². The summed E-state index contributed by atoms with van der Waals surface area (Å²) in [6.45, 7) is 1.79. The SMILES string of the molecule is CC(NC(=O)C1CC1c1ccc(F)cc1)c1cccc(S(N)(=O)=O)c1. The number of hydrogen-bond acceptors (Lipinski definition) is 3. The van der Waals surface area contributed by atoms with Crippen molar-refractivity contribution >= 4 is 15.9 Å². The molecule has 0 heterocycles. The van der Waals surface area contributed by atoms with Crippen molar-refractivity contribution in [2.75, 3.05) is 0 Å². The van der Waals surface area contributed by atoms with Crippen LogP contribution in [0.4, 0.5) is 4.39 Å². The maximum atomic E-state index is 13.0. The van der Waals surface area contributed by atoms with Crippen LogP contribution in [-0.2, 0) is 14.8 Å². The Hall–Kier alpha value is -2.25. The highest BCUT2D eigenvalue weighted by atomic mass is 32.2. The molecule has 3 unspecified atom stereocenters. The molecule has 0 aliphatic heterocycles. The predicted octanol–water partition coefficient (Wildman–Crippen LogP) is 2.45. The van der Waals surface area contributed by atoms with Gasteiger partial charge in [-0.15, -0.1) is 0 Å². The Labute approximate surface area is 146 Å². The average molecular weight is 362 g/mol. The molecule has 0 aromatic heterocycles. The van der Waals surface area contributed by atoms with Crippen LogP contribution in [-0.4, -0.2) is 14.3 Å². The van der Waals surface area contributed by atoms with Gasteiger partial charge in [-0.1, -0.05) is 24.3 Å².